The summed E-state index contributed by atoms with van der Waals surface area (Å²) in [4.78, 5) is 16.5. The van der Waals surface area contributed by atoms with E-state index >= 15 is 0 Å². The van der Waals surface area contributed by atoms with E-state index in [-0.39, 0.29) is 12.5 Å². The molecule has 0 aliphatic carbocycles. The first kappa shape index (κ1) is 18.0. The molecule has 0 unspecified atom stereocenters. The monoisotopic (exact) mass is 362 g/mol. The third kappa shape index (κ3) is 5.59. The van der Waals surface area contributed by atoms with Crippen molar-refractivity contribution < 1.29 is 13.9 Å². The molecule has 1 aliphatic rings. The Morgan fingerprint density at radius 3 is 2.68 bits per heavy atom. The molecule has 1 aromatic carbocycles. The Bertz CT molecular complexity index is 674. The second-order valence-corrected chi connectivity index (χ2v) is 6.57. The lowest BCUT2D eigenvalue weighted by Gasteiger charge is -2.21. The summed E-state index contributed by atoms with van der Waals surface area (Å²) in [5.41, 5.74) is 1.08. The van der Waals surface area contributed by atoms with Crippen LogP contribution in [0.3, 0.4) is 0 Å². The van der Waals surface area contributed by atoms with Crippen molar-refractivity contribution in [1.29, 1.82) is 0 Å². The number of hydrogen-bond donors (Lipinski definition) is 0. The highest BCUT2D eigenvalue weighted by Crippen LogP contribution is 2.16. The van der Waals surface area contributed by atoms with Crippen molar-refractivity contribution in [2.24, 2.45) is 0 Å². The van der Waals surface area contributed by atoms with Gasteiger partial charge in [-0.15, -0.1) is 0 Å². The Labute approximate surface area is 153 Å². The number of furan rings is 1. The van der Waals surface area contributed by atoms with E-state index in [1.54, 1.807) is 6.07 Å². The Kier molecular flexibility index (Phi) is 6.50. The van der Waals surface area contributed by atoms with Gasteiger partial charge in [-0.05, 0) is 35.7 Å². The molecule has 0 radical (unpaired) electrons. The largest absolute Gasteiger partial charge is 0.448 e. The SMILES string of the molecule is O=C(COCc1ccccc1)N1CCCN(Cc2ccc(Cl)o2)CC1. The molecule has 2 aromatic rings. The third-order valence-corrected chi connectivity index (χ3v) is 4.49. The van der Waals surface area contributed by atoms with Crippen molar-refractivity contribution in [2.45, 2.75) is 19.6 Å². The number of nitrogens with zero attached hydrogens (tertiary/aromatic N) is 2. The number of ether oxygens (including phenoxy) is 1. The first-order chi connectivity index (χ1) is 12.2. The molecule has 1 saturated heterocycles. The lowest BCUT2D eigenvalue weighted by Crippen LogP contribution is -2.37. The predicted molar refractivity (Wildman–Crippen MR) is 96.3 cm³/mol. The van der Waals surface area contributed by atoms with E-state index in [9.17, 15) is 4.79 Å². The first-order valence-electron chi connectivity index (χ1n) is 8.57. The van der Waals surface area contributed by atoms with Gasteiger partial charge >= 0.3 is 0 Å². The number of carbonyl (C=O) groups excluding carboxylic acids is 1. The smallest absolute Gasteiger partial charge is 0.248 e. The van der Waals surface area contributed by atoms with Crippen LogP contribution in [0.15, 0.2) is 46.9 Å². The lowest BCUT2D eigenvalue weighted by atomic mass is 10.2. The number of benzene rings is 1. The van der Waals surface area contributed by atoms with E-state index in [0.717, 1.165) is 43.9 Å². The molecule has 6 heteroatoms. The fraction of sp³-hybridized carbons (Fsp3) is 0.421. The van der Waals surface area contributed by atoms with E-state index < -0.39 is 0 Å². The van der Waals surface area contributed by atoms with Crippen molar-refractivity contribution in [1.82, 2.24) is 9.80 Å². The van der Waals surface area contributed by atoms with Crippen LogP contribution in [0.2, 0.25) is 5.22 Å². The molecule has 1 aromatic heterocycles. The van der Waals surface area contributed by atoms with Gasteiger partial charge in [-0.2, -0.15) is 0 Å². The van der Waals surface area contributed by atoms with E-state index in [1.807, 2.05) is 41.3 Å². The minimum absolute atomic E-state index is 0.0545. The van der Waals surface area contributed by atoms with Gasteiger partial charge in [0.15, 0.2) is 5.22 Å². The minimum atomic E-state index is 0.0545. The summed E-state index contributed by atoms with van der Waals surface area (Å²) in [6.07, 6.45) is 0.943. The van der Waals surface area contributed by atoms with Crippen LogP contribution >= 0.6 is 11.6 Å². The molecule has 0 spiro atoms. The maximum absolute atomic E-state index is 12.4. The quantitative estimate of drug-likeness (QED) is 0.791. The van der Waals surface area contributed by atoms with Crippen molar-refractivity contribution >= 4 is 17.5 Å². The van der Waals surface area contributed by atoms with E-state index in [2.05, 4.69) is 4.90 Å². The molecule has 1 aliphatic heterocycles. The molecule has 3 rings (SSSR count). The standard InChI is InChI=1S/C19H23ClN2O3/c20-18-8-7-17(25-18)13-21-9-4-10-22(12-11-21)19(23)15-24-14-16-5-2-1-3-6-16/h1-3,5-8H,4,9-15H2. The molecule has 2 heterocycles. The summed E-state index contributed by atoms with van der Waals surface area (Å²) in [5, 5.41) is 0.414. The highest BCUT2D eigenvalue weighted by molar-refractivity contribution is 6.28. The molecule has 134 valence electrons. The van der Waals surface area contributed by atoms with Gasteiger partial charge < -0.3 is 14.1 Å². The summed E-state index contributed by atoms with van der Waals surface area (Å²) < 4.78 is 11.0. The summed E-state index contributed by atoms with van der Waals surface area (Å²) >= 11 is 5.82. The summed E-state index contributed by atoms with van der Waals surface area (Å²) in [6.45, 7) is 4.55. The van der Waals surface area contributed by atoms with Crippen molar-refractivity contribution in [2.75, 3.05) is 32.8 Å². The van der Waals surface area contributed by atoms with Gasteiger partial charge in [0.25, 0.3) is 0 Å². The van der Waals surface area contributed by atoms with Crippen LogP contribution in [0.5, 0.6) is 0 Å². The molecular formula is C19H23ClN2O3. The molecule has 0 N–H and O–H groups in total. The highest BCUT2D eigenvalue weighted by Gasteiger charge is 2.19. The molecule has 0 bridgehead atoms. The van der Waals surface area contributed by atoms with Crippen LogP contribution in [0.4, 0.5) is 0 Å². The first-order valence-corrected chi connectivity index (χ1v) is 8.94. The third-order valence-electron chi connectivity index (χ3n) is 4.29. The maximum Gasteiger partial charge on any atom is 0.248 e. The Balaban J connectivity index is 1.41. The molecular weight excluding hydrogens is 340 g/mol. The molecule has 5 nitrogen and oxygen atoms in total. The minimum Gasteiger partial charge on any atom is -0.448 e. The Morgan fingerprint density at radius 1 is 1.08 bits per heavy atom. The van der Waals surface area contributed by atoms with Gasteiger partial charge in [-0.1, -0.05) is 30.3 Å². The van der Waals surface area contributed by atoms with Crippen LogP contribution < -0.4 is 0 Å². The van der Waals surface area contributed by atoms with Crippen LogP contribution in [0.1, 0.15) is 17.7 Å². The fourth-order valence-corrected chi connectivity index (χ4v) is 3.12. The van der Waals surface area contributed by atoms with Crippen LogP contribution in [-0.4, -0.2) is 48.5 Å². The number of rotatable bonds is 6. The normalized spacial score (nSPS) is 16.0. The van der Waals surface area contributed by atoms with Gasteiger partial charge in [0, 0.05) is 26.2 Å². The Morgan fingerprint density at radius 2 is 1.92 bits per heavy atom. The van der Waals surface area contributed by atoms with Crippen molar-refractivity contribution in [3.63, 3.8) is 0 Å². The summed E-state index contributed by atoms with van der Waals surface area (Å²) in [7, 11) is 0. The van der Waals surface area contributed by atoms with Crippen molar-refractivity contribution in [3.05, 3.63) is 59.0 Å². The molecule has 1 amide bonds. The van der Waals surface area contributed by atoms with Crippen molar-refractivity contribution in [3.8, 4) is 0 Å². The second kappa shape index (κ2) is 9.04. The molecule has 1 fully saturated rings. The number of halogens is 1. The van der Waals surface area contributed by atoms with Gasteiger partial charge in [-0.25, -0.2) is 0 Å². The van der Waals surface area contributed by atoms with Crippen LogP contribution in [0, 0.1) is 0 Å². The fourth-order valence-electron chi connectivity index (χ4n) is 2.96. The van der Waals surface area contributed by atoms with Gasteiger partial charge in [-0.3, -0.25) is 9.69 Å². The Hall–Kier alpha value is -1.82. The number of carbonyl (C=O) groups is 1. The zero-order chi connectivity index (χ0) is 17.5. The van der Waals surface area contributed by atoms with E-state index in [1.165, 1.54) is 0 Å². The zero-order valence-electron chi connectivity index (χ0n) is 14.2. The number of amides is 1. The second-order valence-electron chi connectivity index (χ2n) is 6.19. The average molecular weight is 363 g/mol. The highest BCUT2D eigenvalue weighted by atomic mass is 35.5. The maximum atomic E-state index is 12.4. The van der Waals surface area contributed by atoms with Gasteiger partial charge in [0.2, 0.25) is 5.91 Å². The zero-order valence-corrected chi connectivity index (χ0v) is 15.0. The molecule has 0 saturated carbocycles. The predicted octanol–water partition coefficient (Wildman–Crippen LogP) is 3.18. The van der Waals surface area contributed by atoms with Crippen LogP contribution in [-0.2, 0) is 22.7 Å². The summed E-state index contributed by atoms with van der Waals surface area (Å²) in [5.74, 6) is 0.912. The average Bonchev–Trinajstić information content (AvgIpc) is 2.89. The van der Waals surface area contributed by atoms with Gasteiger partial charge in [0.05, 0.1) is 13.2 Å². The topological polar surface area (TPSA) is 45.9 Å². The van der Waals surface area contributed by atoms with E-state index in [0.29, 0.717) is 18.4 Å². The summed E-state index contributed by atoms with van der Waals surface area (Å²) in [6, 6.07) is 13.5. The number of hydrogen-bond acceptors (Lipinski definition) is 4. The molecule has 25 heavy (non-hydrogen) atoms. The van der Waals surface area contributed by atoms with E-state index in [4.69, 9.17) is 20.8 Å². The lowest BCUT2D eigenvalue weighted by molar-refractivity contribution is -0.136. The van der Waals surface area contributed by atoms with Crippen LogP contribution in [0.25, 0.3) is 0 Å². The molecule has 0 atom stereocenters. The van der Waals surface area contributed by atoms with Gasteiger partial charge in [0.1, 0.15) is 12.4 Å².